The van der Waals surface area contributed by atoms with E-state index in [0.717, 1.165) is 21.3 Å². The van der Waals surface area contributed by atoms with Gasteiger partial charge in [0.05, 0.1) is 5.38 Å². The summed E-state index contributed by atoms with van der Waals surface area (Å²) < 4.78 is 0. The molecule has 0 N–H and O–H groups in total. The quantitative estimate of drug-likeness (QED) is 0.756. The predicted molar refractivity (Wildman–Crippen MR) is 62.1 cm³/mol. The first-order valence-electron chi connectivity index (χ1n) is 4.57. The van der Waals surface area contributed by atoms with Crippen molar-refractivity contribution in [2.45, 2.75) is 19.2 Å². The number of alkyl halides is 1. The van der Waals surface area contributed by atoms with Crippen LogP contribution in [-0.2, 0) is 0 Å². The molecule has 0 aliphatic rings. The Morgan fingerprint density at radius 3 is 2.80 bits per heavy atom. The van der Waals surface area contributed by atoms with Gasteiger partial charge in [-0.1, -0.05) is 11.3 Å². The topological polar surface area (TPSA) is 38.7 Å². The summed E-state index contributed by atoms with van der Waals surface area (Å²) in [6.07, 6.45) is 1.77. The Hall–Kier alpha value is -1.000. The molecule has 0 aliphatic heterocycles. The number of hydrogen-bond donors (Lipinski definition) is 0. The summed E-state index contributed by atoms with van der Waals surface area (Å²) >= 11 is 7.45. The van der Waals surface area contributed by atoms with Crippen molar-refractivity contribution in [2.75, 3.05) is 0 Å². The normalized spacial score (nSPS) is 12.7. The second-order valence-corrected chi connectivity index (χ2v) is 4.91. The standard InChI is InChI=1S/C10H10ClN3S/c1-6-5-8(3-4-12-6)10-14-13-9(15-10)7(2)11/h3-5,7H,1-2H3. The second-order valence-electron chi connectivity index (χ2n) is 3.25. The van der Waals surface area contributed by atoms with E-state index in [1.54, 1.807) is 6.20 Å². The Labute approximate surface area is 97.2 Å². The molecule has 0 aromatic carbocycles. The largest absolute Gasteiger partial charge is 0.262 e. The van der Waals surface area contributed by atoms with Crippen LogP contribution < -0.4 is 0 Å². The van der Waals surface area contributed by atoms with E-state index in [0.29, 0.717) is 0 Å². The van der Waals surface area contributed by atoms with E-state index >= 15 is 0 Å². The lowest BCUT2D eigenvalue weighted by molar-refractivity contribution is 0.962. The Kier molecular flexibility index (Phi) is 2.98. The molecule has 2 heterocycles. The van der Waals surface area contributed by atoms with E-state index in [1.807, 2.05) is 26.0 Å². The van der Waals surface area contributed by atoms with Gasteiger partial charge in [0.25, 0.3) is 0 Å². The lowest BCUT2D eigenvalue weighted by atomic mass is 10.2. The molecule has 15 heavy (non-hydrogen) atoms. The Morgan fingerprint density at radius 2 is 2.20 bits per heavy atom. The Morgan fingerprint density at radius 1 is 1.40 bits per heavy atom. The molecule has 0 aliphatic carbocycles. The average molecular weight is 240 g/mol. The lowest BCUT2D eigenvalue weighted by Crippen LogP contribution is -1.82. The molecule has 0 spiro atoms. The molecule has 3 nitrogen and oxygen atoms in total. The molecule has 0 bridgehead atoms. The van der Waals surface area contributed by atoms with Gasteiger partial charge in [-0.3, -0.25) is 4.98 Å². The van der Waals surface area contributed by atoms with E-state index < -0.39 is 0 Å². The van der Waals surface area contributed by atoms with Crippen molar-refractivity contribution in [3.8, 4) is 10.6 Å². The zero-order valence-corrected chi connectivity index (χ0v) is 10.0. The molecule has 0 fully saturated rings. The summed E-state index contributed by atoms with van der Waals surface area (Å²) in [7, 11) is 0. The van der Waals surface area contributed by atoms with Gasteiger partial charge < -0.3 is 0 Å². The number of pyridine rings is 1. The number of halogens is 1. The van der Waals surface area contributed by atoms with Crippen LogP contribution in [0.3, 0.4) is 0 Å². The van der Waals surface area contributed by atoms with Gasteiger partial charge in [-0.25, -0.2) is 0 Å². The van der Waals surface area contributed by atoms with Crippen LogP contribution in [-0.4, -0.2) is 15.2 Å². The SMILES string of the molecule is Cc1cc(-c2nnc(C(C)Cl)s2)ccn1. The van der Waals surface area contributed by atoms with Crippen LogP contribution in [0.5, 0.6) is 0 Å². The van der Waals surface area contributed by atoms with Crippen LogP contribution in [0.15, 0.2) is 18.3 Å². The van der Waals surface area contributed by atoms with Crippen LogP contribution in [0.1, 0.15) is 23.0 Å². The van der Waals surface area contributed by atoms with Crippen LogP contribution in [0, 0.1) is 6.92 Å². The predicted octanol–water partition coefficient (Wildman–Crippen LogP) is 3.21. The zero-order chi connectivity index (χ0) is 10.8. The number of hydrogen-bond acceptors (Lipinski definition) is 4. The molecule has 5 heteroatoms. The van der Waals surface area contributed by atoms with Gasteiger partial charge in [0.1, 0.15) is 10.0 Å². The summed E-state index contributed by atoms with van der Waals surface area (Å²) in [5.74, 6) is 0. The summed E-state index contributed by atoms with van der Waals surface area (Å²) in [6, 6.07) is 3.92. The number of aryl methyl sites for hydroxylation is 1. The first-order valence-corrected chi connectivity index (χ1v) is 5.82. The van der Waals surface area contributed by atoms with Gasteiger partial charge in [-0.15, -0.1) is 21.8 Å². The van der Waals surface area contributed by atoms with E-state index in [-0.39, 0.29) is 5.38 Å². The van der Waals surface area contributed by atoms with E-state index in [2.05, 4.69) is 15.2 Å². The van der Waals surface area contributed by atoms with Crippen LogP contribution in [0.2, 0.25) is 0 Å². The third-order valence-electron chi connectivity index (χ3n) is 1.92. The number of nitrogens with zero attached hydrogens (tertiary/aromatic N) is 3. The Balaban J connectivity index is 2.37. The number of rotatable bonds is 2. The molecule has 0 radical (unpaired) electrons. The zero-order valence-electron chi connectivity index (χ0n) is 8.44. The molecule has 1 atom stereocenters. The van der Waals surface area contributed by atoms with Gasteiger partial charge >= 0.3 is 0 Å². The maximum absolute atomic E-state index is 5.93. The first-order chi connectivity index (χ1) is 7.16. The molecule has 78 valence electrons. The van der Waals surface area contributed by atoms with Crippen molar-refractivity contribution in [3.05, 3.63) is 29.0 Å². The van der Waals surface area contributed by atoms with Crippen molar-refractivity contribution in [3.63, 3.8) is 0 Å². The number of aromatic nitrogens is 3. The fourth-order valence-corrected chi connectivity index (χ4v) is 2.14. The molecule has 2 aromatic rings. The summed E-state index contributed by atoms with van der Waals surface area (Å²) in [4.78, 5) is 4.14. The summed E-state index contributed by atoms with van der Waals surface area (Å²) in [6.45, 7) is 3.85. The monoisotopic (exact) mass is 239 g/mol. The second kappa shape index (κ2) is 4.24. The first kappa shape index (κ1) is 10.5. The molecule has 2 aromatic heterocycles. The Bertz CT molecular complexity index is 467. The maximum Gasteiger partial charge on any atom is 0.147 e. The van der Waals surface area contributed by atoms with Crippen molar-refractivity contribution in [2.24, 2.45) is 0 Å². The molecule has 0 amide bonds. The average Bonchev–Trinajstić information content (AvgIpc) is 2.66. The summed E-state index contributed by atoms with van der Waals surface area (Å²) in [5, 5.41) is 9.80. The van der Waals surface area contributed by atoms with Crippen LogP contribution in [0.4, 0.5) is 0 Å². The van der Waals surface area contributed by atoms with Crippen molar-refractivity contribution < 1.29 is 0 Å². The minimum atomic E-state index is -0.0841. The van der Waals surface area contributed by atoms with Gasteiger partial charge in [-0.05, 0) is 26.0 Å². The fraction of sp³-hybridized carbons (Fsp3) is 0.300. The molecule has 2 rings (SSSR count). The third-order valence-corrected chi connectivity index (χ3v) is 3.42. The van der Waals surface area contributed by atoms with Crippen molar-refractivity contribution in [1.82, 2.24) is 15.2 Å². The van der Waals surface area contributed by atoms with E-state index in [4.69, 9.17) is 11.6 Å². The highest BCUT2D eigenvalue weighted by Crippen LogP contribution is 2.29. The molecule has 0 saturated carbocycles. The maximum atomic E-state index is 5.93. The van der Waals surface area contributed by atoms with E-state index in [9.17, 15) is 0 Å². The third kappa shape index (κ3) is 2.33. The minimum Gasteiger partial charge on any atom is -0.262 e. The van der Waals surface area contributed by atoms with Gasteiger partial charge in [0.15, 0.2) is 0 Å². The lowest BCUT2D eigenvalue weighted by Gasteiger charge is -1.95. The van der Waals surface area contributed by atoms with Crippen molar-refractivity contribution >= 4 is 22.9 Å². The molecular formula is C10H10ClN3S. The van der Waals surface area contributed by atoms with Gasteiger partial charge in [0, 0.05) is 17.5 Å². The summed E-state index contributed by atoms with van der Waals surface area (Å²) in [5.41, 5.74) is 2.02. The molecular weight excluding hydrogens is 230 g/mol. The minimum absolute atomic E-state index is 0.0841. The van der Waals surface area contributed by atoms with Crippen LogP contribution >= 0.6 is 22.9 Å². The highest BCUT2D eigenvalue weighted by atomic mass is 35.5. The van der Waals surface area contributed by atoms with Gasteiger partial charge in [0.2, 0.25) is 0 Å². The van der Waals surface area contributed by atoms with Crippen molar-refractivity contribution in [1.29, 1.82) is 0 Å². The van der Waals surface area contributed by atoms with Gasteiger partial charge in [-0.2, -0.15) is 0 Å². The molecule has 1 unspecified atom stereocenters. The highest BCUT2D eigenvalue weighted by Gasteiger charge is 2.10. The fourth-order valence-electron chi connectivity index (χ4n) is 1.19. The highest BCUT2D eigenvalue weighted by molar-refractivity contribution is 7.15. The molecule has 0 saturated heterocycles. The van der Waals surface area contributed by atoms with E-state index in [1.165, 1.54) is 11.3 Å². The van der Waals surface area contributed by atoms with Crippen LogP contribution in [0.25, 0.3) is 10.6 Å². The smallest absolute Gasteiger partial charge is 0.147 e.